The van der Waals surface area contributed by atoms with E-state index in [0.29, 0.717) is 0 Å². The Labute approximate surface area is 85.5 Å². The van der Waals surface area contributed by atoms with Gasteiger partial charge < -0.3 is 10.0 Å². The van der Waals surface area contributed by atoms with Crippen LogP contribution in [0.25, 0.3) is 0 Å². The van der Waals surface area contributed by atoms with E-state index in [2.05, 4.69) is 11.8 Å². The van der Waals surface area contributed by atoms with Crippen LogP contribution in [0.15, 0.2) is 0 Å². The van der Waals surface area contributed by atoms with Crippen LogP contribution in [0, 0.1) is 5.92 Å². The molecule has 1 fully saturated rings. The smallest absolute Gasteiger partial charge is 0.307 e. The lowest BCUT2D eigenvalue weighted by Crippen LogP contribution is -2.38. The Bertz CT molecular complexity index is 162. The lowest BCUT2D eigenvalue weighted by atomic mass is 9.98. The first-order valence-corrected chi connectivity index (χ1v) is 4.69. The molecule has 1 saturated heterocycles. The normalized spacial score (nSPS) is 23.6. The Morgan fingerprint density at radius 1 is 1.62 bits per heavy atom. The molecule has 0 amide bonds. The van der Waals surface area contributed by atoms with Gasteiger partial charge in [0.1, 0.15) is 0 Å². The predicted octanol–water partition coefficient (Wildman–Crippen LogP) is 1.61. The van der Waals surface area contributed by atoms with Gasteiger partial charge in [0.25, 0.3) is 0 Å². The summed E-state index contributed by atoms with van der Waals surface area (Å²) in [4.78, 5) is 12.9. The first-order valence-electron chi connectivity index (χ1n) is 4.69. The van der Waals surface area contributed by atoms with Crippen molar-refractivity contribution < 1.29 is 9.90 Å². The third kappa shape index (κ3) is 3.96. The molecule has 3 nitrogen and oxygen atoms in total. The summed E-state index contributed by atoms with van der Waals surface area (Å²) in [5.41, 5.74) is 0. The fourth-order valence-corrected chi connectivity index (χ4v) is 1.78. The van der Waals surface area contributed by atoms with E-state index in [-0.39, 0.29) is 18.3 Å². The minimum absolute atomic E-state index is 0. The third-order valence-electron chi connectivity index (χ3n) is 2.39. The number of rotatable bonds is 3. The van der Waals surface area contributed by atoms with E-state index in [0.717, 1.165) is 38.9 Å². The van der Waals surface area contributed by atoms with Crippen LogP contribution in [0.5, 0.6) is 0 Å². The number of hydrogen-bond acceptors (Lipinski definition) is 2. The van der Waals surface area contributed by atoms with Gasteiger partial charge in [-0.3, -0.25) is 4.79 Å². The van der Waals surface area contributed by atoms with E-state index >= 15 is 0 Å². The molecule has 1 aliphatic rings. The minimum Gasteiger partial charge on any atom is -0.481 e. The summed E-state index contributed by atoms with van der Waals surface area (Å²) in [7, 11) is 0. The van der Waals surface area contributed by atoms with Gasteiger partial charge >= 0.3 is 5.97 Å². The van der Waals surface area contributed by atoms with Crippen LogP contribution in [0.4, 0.5) is 0 Å². The van der Waals surface area contributed by atoms with Crippen LogP contribution in [0.2, 0.25) is 0 Å². The Morgan fingerprint density at radius 2 is 2.31 bits per heavy atom. The summed E-state index contributed by atoms with van der Waals surface area (Å²) < 4.78 is 0. The second-order valence-electron chi connectivity index (χ2n) is 3.48. The fraction of sp³-hybridized carbons (Fsp3) is 0.889. The van der Waals surface area contributed by atoms with Gasteiger partial charge in [-0.2, -0.15) is 0 Å². The molecule has 4 heteroatoms. The average Bonchev–Trinajstić information content (AvgIpc) is 2.05. The monoisotopic (exact) mass is 207 g/mol. The zero-order valence-electron chi connectivity index (χ0n) is 8.03. The summed E-state index contributed by atoms with van der Waals surface area (Å²) in [5.74, 6) is -0.749. The van der Waals surface area contributed by atoms with Gasteiger partial charge in [0.15, 0.2) is 0 Å². The van der Waals surface area contributed by atoms with E-state index in [1.54, 1.807) is 0 Å². The molecule has 0 aromatic heterocycles. The lowest BCUT2D eigenvalue weighted by molar-refractivity contribution is -0.143. The van der Waals surface area contributed by atoms with Crippen LogP contribution >= 0.6 is 12.4 Å². The molecular formula is C9H18ClNO2. The first kappa shape index (κ1) is 12.7. The highest BCUT2D eigenvalue weighted by Crippen LogP contribution is 2.16. The van der Waals surface area contributed by atoms with Gasteiger partial charge in [0.05, 0.1) is 5.92 Å². The van der Waals surface area contributed by atoms with Gasteiger partial charge in [0, 0.05) is 6.54 Å². The maximum atomic E-state index is 10.7. The van der Waals surface area contributed by atoms with E-state index in [1.165, 1.54) is 0 Å². The number of nitrogens with zero attached hydrogens (tertiary/aromatic N) is 1. The Kier molecular flexibility index (Phi) is 6.08. The van der Waals surface area contributed by atoms with Crippen molar-refractivity contribution in [1.82, 2.24) is 4.90 Å². The molecule has 1 rings (SSSR count). The van der Waals surface area contributed by atoms with Crippen LogP contribution in [0.3, 0.4) is 0 Å². The number of carbonyl (C=O) groups is 1. The quantitative estimate of drug-likeness (QED) is 0.765. The van der Waals surface area contributed by atoms with Crippen LogP contribution in [-0.4, -0.2) is 35.6 Å². The van der Waals surface area contributed by atoms with Crippen LogP contribution in [0.1, 0.15) is 26.2 Å². The maximum Gasteiger partial charge on any atom is 0.307 e. The molecule has 0 bridgehead atoms. The summed E-state index contributed by atoms with van der Waals surface area (Å²) in [6, 6.07) is 0. The molecule has 0 aromatic carbocycles. The number of hydrogen-bond donors (Lipinski definition) is 1. The number of halogens is 1. The molecule has 0 radical (unpaired) electrons. The number of carboxylic acids is 1. The van der Waals surface area contributed by atoms with Crippen molar-refractivity contribution in [2.75, 3.05) is 19.6 Å². The lowest BCUT2D eigenvalue weighted by Gasteiger charge is -2.30. The highest BCUT2D eigenvalue weighted by atomic mass is 35.5. The zero-order valence-corrected chi connectivity index (χ0v) is 8.85. The van der Waals surface area contributed by atoms with Gasteiger partial charge in [-0.1, -0.05) is 6.92 Å². The van der Waals surface area contributed by atoms with Crippen molar-refractivity contribution in [3.05, 3.63) is 0 Å². The minimum atomic E-state index is -0.629. The van der Waals surface area contributed by atoms with Gasteiger partial charge in [-0.05, 0) is 32.4 Å². The van der Waals surface area contributed by atoms with E-state index in [4.69, 9.17) is 5.11 Å². The van der Waals surface area contributed by atoms with Crippen molar-refractivity contribution in [1.29, 1.82) is 0 Å². The highest BCUT2D eigenvalue weighted by molar-refractivity contribution is 5.85. The van der Waals surface area contributed by atoms with Crippen molar-refractivity contribution in [2.24, 2.45) is 5.92 Å². The third-order valence-corrected chi connectivity index (χ3v) is 2.39. The molecule has 78 valence electrons. The summed E-state index contributed by atoms with van der Waals surface area (Å²) in [5, 5.41) is 8.80. The zero-order chi connectivity index (χ0) is 8.97. The summed E-state index contributed by atoms with van der Waals surface area (Å²) in [6.45, 7) is 5.01. The summed E-state index contributed by atoms with van der Waals surface area (Å²) >= 11 is 0. The second kappa shape index (κ2) is 6.22. The molecule has 0 aliphatic carbocycles. The molecule has 1 aliphatic heterocycles. The van der Waals surface area contributed by atoms with Crippen molar-refractivity contribution in [3.63, 3.8) is 0 Å². The largest absolute Gasteiger partial charge is 0.481 e. The topological polar surface area (TPSA) is 40.5 Å². The molecule has 1 atom stereocenters. The van der Waals surface area contributed by atoms with Crippen molar-refractivity contribution in [3.8, 4) is 0 Å². The van der Waals surface area contributed by atoms with Crippen molar-refractivity contribution >= 4 is 18.4 Å². The highest BCUT2D eigenvalue weighted by Gasteiger charge is 2.24. The molecule has 0 saturated carbocycles. The van der Waals surface area contributed by atoms with Crippen LogP contribution < -0.4 is 0 Å². The SMILES string of the molecule is CCCN1CCCC(C(=O)O)C1.Cl. The van der Waals surface area contributed by atoms with E-state index < -0.39 is 5.97 Å². The van der Waals surface area contributed by atoms with Gasteiger partial charge in [0.2, 0.25) is 0 Å². The Balaban J connectivity index is 0.00000144. The number of piperidine rings is 1. The molecule has 0 spiro atoms. The molecule has 1 N–H and O–H groups in total. The predicted molar refractivity (Wildman–Crippen MR) is 54.3 cm³/mol. The molecular weight excluding hydrogens is 190 g/mol. The maximum absolute atomic E-state index is 10.7. The van der Waals surface area contributed by atoms with Gasteiger partial charge in [-0.25, -0.2) is 0 Å². The standard InChI is InChI=1S/C9H17NO2.ClH/c1-2-5-10-6-3-4-8(7-10)9(11)12;/h8H,2-7H2,1H3,(H,11,12);1H. The Morgan fingerprint density at radius 3 is 2.85 bits per heavy atom. The fourth-order valence-electron chi connectivity index (χ4n) is 1.78. The number of aliphatic carboxylic acids is 1. The number of carboxylic acid groups (broad SMARTS) is 1. The number of likely N-dealkylation sites (tertiary alicyclic amines) is 1. The second-order valence-corrected chi connectivity index (χ2v) is 3.48. The molecule has 0 aromatic rings. The van der Waals surface area contributed by atoms with Gasteiger partial charge in [-0.15, -0.1) is 12.4 Å². The molecule has 13 heavy (non-hydrogen) atoms. The molecule has 1 unspecified atom stereocenters. The van der Waals surface area contributed by atoms with Crippen LogP contribution in [-0.2, 0) is 4.79 Å². The van der Waals surface area contributed by atoms with Crippen molar-refractivity contribution in [2.45, 2.75) is 26.2 Å². The average molecular weight is 208 g/mol. The first-order chi connectivity index (χ1) is 5.74. The van der Waals surface area contributed by atoms with E-state index in [1.807, 2.05) is 0 Å². The summed E-state index contributed by atoms with van der Waals surface area (Å²) in [6.07, 6.45) is 3.01. The van der Waals surface area contributed by atoms with E-state index in [9.17, 15) is 4.79 Å². The Hall–Kier alpha value is -0.280. The molecule has 1 heterocycles.